The number of amides is 3. The number of nitrogens with one attached hydrogen (secondary N) is 2. The zero-order chi connectivity index (χ0) is 37.8. The molecular formula is C38H50ClN5O6S. The number of benzene rings is 2. The van der Waals surface area contributed by atoms with Crippen molar-refractivity contribution in [3.8, 4) is 5.75 Å². The third kappa shape index (κ3) is 14.8. The molecule has 3 amide bonds. The Morgan fingerprint density at radius 2 is 1.88 bits per heavy atom. The molecule has 11 nitrogen and oxygen atoms in total. The third-order valence-electron chi connectivity index (χ3n) is 7.59. The molecule has 2 N–H and O–H groups in total. The van der Waals surface area contributed by atoms with Crippen LogP contribution in [0.4, 0.5) is 5.69 Å². The van der Waals surface area contributed by atoms with Crippen LogP contribution in [0.25, 0.3) is 0 Å². The number of hydrogen-bond donors (Lipinski definition) is 2. The Morgan fingerprint density at radius 3 is 2.47 bits per heavy atom. The number of para-hydroxylation sites is 1. The van der Waals surface area contributed by atoms with E-state index in [9.17, 15) is 19.2 Å². The van der Waals surface area contributed by atoms with E-state index >= 15 is 0 Å². The molecule has 3 rings (SSSR count). The third-order valence-corrected chi connectivity index (χ3v) is 9.39. The van der Waals surface area contributed by atoms with Crippen LogP contribution < -0.4 is 20.4 Å². The topological polar surface area (TPSA) is 130 Å². The number of rotatable bonds is 19. The lowest BCUT2D eigenvalue weighted by Gasteiger charge is -2.28. The minimum absolute atomic E-state index is 0.123. The SMILES string of the molecule is C=C/C(=C\C)C(Sc1ccccc1N(C=O)CCN(C)CCNC(=O)COc1ccc(C2=NNC(=O)CC2)cc1Cl)C(C)OC(C)=O.C=CCC. The molecule has 0 fully saturated rings. The summed E-state index contributed by atoms with van der Waals surface area (Å²) in [5.41, 5.74) is 5.63. The van der Waals surface area contributed by atoms with Gasteiger partial charge in [-0.25, -0.2) is 5.43 Å². The fourth-order valence-electron chi connectivity index (χ4n) is 4.77. The van der Waals surface area contributed by atoms with Gasteiger partial charge in [-0.1, -0.05) is 55.5 Å². The molecule has 2 aromatic carbocycles. The van der Waals surface area contributed by atoms with Crippen molar-refractivity contribution in [2.75, 3.05) is 44.7 Å². The molecule has 2 atom stereocenters. The monoisotopic (exact) mass is 739 g/mol. The van der Waals surface area contributed by atoms with E-state index in [1.807, 2.05) is 62.2 Å². The predicted molar refractivity (Wildman–Crippen MR) is 207 cm³/mol. The number of carbonyl (C=O) groups is 4. The first-order valence-corrected chi connectivity index (χ1v) is 18.0. The quantitative estimate of drug-likeness (QED) is 0.0576. The van der Waals surface area contributed by atoms with E-state index in [0.717, 1.165) is 40.3 Å². The molecule has 1 aliphatic heterocycles. The number of likely N-dealkylation sites (N-methyl/N-ethyl adjacent to an activating group) is 1. The Balaban J connectivity index is 0.00000213. The molecular weight excluding hydrogens is 690 g/mol. The molecule has 0 aliphatic carbocycles. The molecule has 2 aromatic rings. The summed E-state index contributed by atoms with van der Waals surface area (Å²) in [6, 6.07) is 12.8. The Hall–Kier alpha value is -4.39. The Labute approximate surface area is 311 Å². The molecule has 0 bridgehead atoms. The summed E-state index contributed by atoms with van der Waals surface area (Å²) in [5, 5.41) is 7.02. The summed E-state index contributed by atoms with van der Waals surface area (Å²) in [6.45, 7) is 16.3. The fourth-order valence-corrected chi connectivity index (χ4v) is 6.36. The number of anilines is 1. The molecule has 0 saturated carbocycles. The van der Waals surface area contributed by atoms with E-state index in [-0.39, 0.29) is 29.6 Å². The van der Waals surface area contributed by atoms with Gasteiger partial charge in [0.2, 0.25) is 12.3 Å². The number of thioether (sulfide) groups is 1. The van der Waals surface area contributed by atoms with Crippen molar-refractivity contribution in [3.63, 3.8) is 0 Å². The number of esters is 1. The Kier molecular flexibility index (Phi) is 19.4. The number of allylic oxidation sites excluding steroid dienone is 3. The number of carbonyl (C=O) groups excluding carboxylic acids is 4. The smallest absolute Gasteiger partial charge is 0.302 e. The molecule has 276 valence electrons. The maximum Gasteiger partial charge on any atom is 0.302 e. The van der Waals surface area contributed by atoms with Gasteiger partial charge in [0.1, 0.15) is 11.9 Å². The van der Waals surface area contributed by atoms with Crippen molar-refractivity contribution in [1.82, 2.24) is 15.6 Å². The summed E-state index contributed by atoms with van der Waals surface area (Å²) < 4.78 is 11.1. The van der Waals surface area contributed by atoms with Crippen LogP contribution in [0.5, 0.6) is 5.75 Å². The van der Waals surface area contributed by atoms with Gasteiger partial charge in [-0.3, -0.25) is 19.2 Å². The molecule has 13 heteroatoms. The predicted octanol–water partition coefficient (Wildman–Crippen LogP) is 6.17. The van der Waals surface area contributed by atoms with E-state index in [1.165, 1.54) is 18.7 Å². The summed E-state index contributed by atoms with van der Waals surface area (Å²) in [5.74, 6) is -0.414. The van der Waals surface area contributed by atoms with Crippen molar-refractivity contribution in [1.29, 1.82) is 0 Å². The van der Waals surface area contributed by atoms with Gasteiger partial charge in [0.25, 0.3) is 5.91 Å². The Bertz CT molecular complexity index is 1560. The van der Waals surface area contributed by atoms with Gasteiger partial charge in [0.05, 0.1) is 21.7 Å². The highest BCUT2D eigenvalue weighted by Crippen LogP contribution is 2.37. The van der Waals surface area contributed by atoms with Crippen LogP contribution in [0.3, 0.4) is 0 Å². The summed E-state index contributed by atoms with van der Waals surface area (Å²) in [6.07, 6.45) is 7.92. The number of hydrogen-bond acceptors (Lipinski definition) is 9. The number of hydrazone groups is 1. The molecule has 1 heterocycles. The molecule has 0 saturated heterocycles. The first-order chi connectivity index (χ1) is 24.5. The molecule has 0 aromatic heterocycles. The number of halogens is 1. The van der Waals surface area contributed by atoms with Crippen molar-refractivity contribution in [2.45, 2.75) is 63.2 Å². The molecule has 0 spiro atoms. The van der Waals surface area contributed by atoms with Crippen molar-refractivity contribution >= 4 is 59.0 Å². The maximum atomic E-state index is 12.4. The zero-order valence-corrected chi connectivity index (χ0v) is 31.7. The zero-order valence-electron chi connectivity index (χ0n) is 30.2. The lowest BCUT2D eigenvalue weighted by Crippen LogP contribution is -2.38. The van der Waals surface area contributed by atoms with Crippen LogP contribution in [0.1, 0.15) is 52.5 Å². The second-order valence-electron chi connectivity index (χ2n) is 11.5. The van der Waals surface area contributed by atoms with Gasteiger partial charge < -0.3 is 24.6 Å². The van der Waals surface area contributed by atoms with Crippen LogP contribution in [-0.4, -0.2) is 86.0 Å². The van der Waals surface area contributed by atoms with E-state index in [2.05, 4.69) is 35.9 Å². The number of ether oxygens (including phenoxy) is 2. The second kappa shape index (κ2) is 23.2. The standard InChI is InChI=1S/C34H42ClN5O6S.C4H8/c1-6-25(7-2)34(23(3)46-24(4)42)47-31-11-9-8-10-29(31)40(22-41)19-18-39(5)17-16-36-33(44)21-45-30-14-12-26(20-27(30)35)28-13-15-32(43)38-37-28;1-3-4-2/h6-12,14,20,22-23,34H,1,13,15-19,21H2,2-5H3,(H,36,44)(H,38,43);3H,1,4H2,2H3/b25-7+;. The number of nitrogens with zero attached hydrogens (tertiary/aromatic N) is 3. The van der Waals surface area contributed by atoms with Gasteiger partial charge in [0, 0.05) is 50.8 Å². The summed E-state index contributed by atoms with van der Waals surface area (Å²) >= 11 is 7.87. The first kappa shape index (κ1) is 42.8. The minimum atomic E-state index is -0.419. The summed E-state index contributed by atoms with van der Waals surface area (Å²) in [4.78, 5) is 52.2. The second-order valence-corrected chi connectivity index (χ2v) is 13.1. The Morgan fingerprint density at radius 1 is 1.16 bits per heavy atom. The van der Waals surface area contributed by atoms with E-state index in [1.54, 1.807) is 29.2 Å². The van der Waals surface area contributed by atoms with Gasteiger partial charge in [-0.05, 0) is 68.8 Å². The van der Waals surface area contributed by atoms with Gasteiger partial charge in [-0.15, -0.1) is 18.3 Å². The van der Waals surface area contributed by atoms with Crippen molar-refractivity contribution in [2.24, 2.45) is 5.10 Å². The highest BCUT2D eigenvalue weighted by Gasteiger charge is 2.25. The van der Waals surface area contributed by atoms with Gasteiger partial charge in [0.15, 0.2) is 6.61 Å². The first-order valence-electron chi connectivity index (χ1n) is 16.7. The van der Waals surface area contributed by atoms with E-state index in [4.69, 9.17) is 21.1 Å². The summed E-state index contributed by atoms with van der Waals surface area (Å²) in [7, 11) is 1.91. The van der Waals surface area contributed by atoms with Crippen LogP contribution >= 0.6 is 23.4 Å². The van der Waals surface area contributed by atoms with E-state index < -0.39 is 6.10 Å². The van der Waals surface area contributed by atoms with Crippen LogP contribution in [0, 0.1) is 0 Å². The van der Waals surface area contributed by atoms with E-state index in [0.29, 0.717) is 49.8 Å². The molecule has 1 aliphatic rings. The highest BCUT2D eigenvalue weighted by atomic mass is 35.5. The van der Waals surface area contributed by atoms with Gasteiger partial charge in [-0.2, -0.15) is 5.10 Å². The average Bonchev–Trinajstić information content (AvgIpc) is 3.12. The minimum Gasteiger partial charge on any atom is -0.482 e. The highest BCUT2D eigenvalue weighted by molar-refractivity contribution is 8.00. The van der Waals surface area contributed by atoms with Gasteiger partial charge >= 0.3 is 5.97 Å². The lowest BCUT2D eigenvalue weighted by atomic mass is 10.0. The molecule has 2 unspecified atom stereocenters. The van der Waals surface area contributed by atoms with Crippen molar-refractivity contribution < 1.29 is 28.7 Å². The largest absolute Gasteiger partial charge is 0.482 e. The lowest BCUT2D eigenvalue weighted by molar-refractivity contribution is -0.145. The van der Waals surface area contributed by atoms with Crippen molar-refractivity contribution in [3.05, 3.63) is 90.0 Å². The maximum absolute atomic E-state index is 12.4. The average molecular weight is 740 g/mol. The van der Waals surface area contributed by atoms with Crippen LogP contribution in [-0.2, 0) is 23.9 Å². The molecule has 51 heavy (non-hydrogen) atoms. The van der Waals surface area contributed by atoms with Crippen LogP contribution in [0.2, 0.25) is 5.02 Å². The molecule has 0 radical (unpaired) electrons. The normalized spacial score (nSPS) is 13.7. The van der Waals surface area contributed by atoms with Crippen LogP contribution in [0.15, 0.2) is 89.4 Å². The fraction of sp³-hybridized carbons (Fsp3) is 0.395.